The van der Waals surface area contributed by atoms with Crippen molar-refractivity contribution in [2.24, 2.45) is 0 Å². The Labute approximate surface area is 251 Å². The quantitative estimate of drug-likeness (QED) is 0.164. The highest BCUT2D eigenvalue weighted by Crippen LogP contribution is 2.37. The summed E-state index contributed by atoms with van der Waals surface area (Å²) in [5.41, 5.74) is -3.37. The monoisotopic (exact) mass is 630 g/mol. The topological polar surface area (TPSA) is 114 Å². The van der Waals surface area contributed by atoms with Gasteiger partial charge < -0.3 is 23.0 Å². The molecule has 0 bridgehead atoms. The van der Waals surface area contributed by atoms with E-state index in [0.29, 0.717) is 11.1 Å². The first-order chi connectivity index (χ1) is 19.6. The number of halogens is 3. The summed E-state index contributed by atoms with van der Waals surface area (Å²) in [5.74, 6) is -1.57. The van der Waals surface area contributed by atoms with Crippen LogP contribution in [0.15, 0.2) is 36.4 Å². The number of carbonyl (C=O) groups excluding carboxylic acids is 2. The van der Waals surface area contributed by atoms with Crippen molar-refractivity contribution in [3.8, 4) is 5.75 Å². The predicted octanol–water partition coefficient (Wildman–Crippen LogP) is 5.72. The number of alkyl halides is 3. The molecule has 0 unspecified atom stereocenters. The maximum atomic E-state index is 12.3. The van der Waals surface area contributed by atoms with Crippen LogP contribution in [0.25, 0.3) is 0 Å². The molecule has 0 atom stereocenters. The molecule has 0 spiro atoms. The van der Waals surface area contributed by atoms with Gasteiger partial charge in [-0.2, -0.15) is 21.6 Å². The van der Waals surface area contributed by atoms with E-state index < -0.39 is 34.5 Å². The lowest BCUT2D eigenvalue weighted by Crippen LogP contribution is -2.41. The molecule has 3 rings (SSSR count). The van der Waals surface area contributed by atoms with E-state index in [1.54, 1.807) is 19.9 Å². The molecule has 14 heteroatoms. The summed E-state index contributed by atoms with van der Waals surface area (Å²) in [5, 5.41) is 0. The highest BCUT2D eigenvalue weighted by atomic mass is 32.2. The number of benzene rings is 2. The second-order valence-corrected chi connectivity index (χ2v) is 13.0. The van der Waals surface area contributed by atoms with Crippen LogP contribution in [0.1, 0.15) is 99.1 Å². The number of methoxy groups -OCH3 is 2. The lowest BCUT2D eigenvalue weighted by molar-refractivity contribution is -0.0500. The van der Waals surface area contributed by atoms with Gasteiger partial charge in [-0.05, 0) is 80.4 Å². The number of rotatable bonds is 7. The molecular weight excluding hydrogens is 592 g/mol. The Bertz CT molecular complexity index is 1420. The first kappa shape index (κ1) is 36.1. The van der Waals surface area contributed by atoms with Crippen LogP contribution in [0.4, 0.5) is 13.2 Å². The second kappa shape index (κ2) is 13.3. The molecule has 1 fully saturated rings. The maximum absolute atomic E-state index is 12.3. The standard InChI is InChI=1S/C17H25BO4.C12H13F3O5S/c1-11(2)14-10-12(8-9-13(14)15(19)20-7)18-21-16(3,4)17(5,6)22-18;1-7(2)10-6-8(4-5-9(10)11(16)19-3)20-21(17,18)12(13,14)15/h8-11H,1-7H3;4-7H,1-3H3. The summed E-state index contributed by atoms with van der Waals surface area (Å²) in [6, 6.07) is 8.84. The Kier molecular flexibility index (Phi) is 11.1. The molecule has 0 aliphatic carbocycles. The summed E-state index contributed by atoms with van der Waals surface area (Å²) in [6.45, 7) is 15.6. The summed E-state index contributed by atoms with van der Waals surface area (Å²) in [4.78, 5) is 23.4. The van der Waals surface area contributed by atoms with Crippen LogP contribution in [0, 0.1) is 0 Å². The van der Waals surface area contributed by atoms with Crippen molar-refractivity contribution in [2.75, 3.05) is 14.2 Å². The number of carbonyl (C=O) groups is 2. The van der Waals surface area contributed by atoms with Crippen LogP contribution in [-0.2, 0) is 28.9 Å². The normalized spacial score (nSPS) is 16.0. The number of hydrogen-bond donors (Lipinski definition) is 0. The first-order valence-corrected chi connectivity index (χ1v) is 14.8. The third-order valence-electron chi connectivity index (χ3n) is 7.17. The fourth-order valence-corrected chi connectivity index (χ4v) is 4.47. The number of hydrogen-bond acceptors (Lipinski definition) is 9. The molecule has 0 saturated carbocycles. The van der Waals surface area contributed by atoms with Crippen LogP contribution in [0.2, 0.25) is 0 Å². The van der Waals surface area contributed by atoms with Gasteiger partial charge in [0.1, 0.15) is 5.75 Å². The molecular formula is C29H38BF3O9S. The molecule has 2 aromatic carbocycles. The van der Waals surface area contributed by atoms with Crippen molar-refractivity contribution >= 4 is 34.6 Å². The summed E-state index contributed by atoms with van der Waals surface area (Å²) in [6.07, 6.45) is 0. The number of esters is 2. The van der Waals surface area contributed by atoms with Crippen LogP contribution in [-0.4, -0.2) is 58.4 Å². The summed E-state index contributed by atoms with van der Waals surface area (Å²) >= 11 is 0. The van der Waals surface area contributed by atoms with E-state index in [9.17, 15) is 31.2 Å². The number of ether oxygens (including phenoxy) is 2. The Balaban J connectivity index is 0.000000301. The molecule has 1 saturated heterocycles. The highest BCUT2D eigenvalue weighted by Gasteiger charge is 2.52. The van der Waals surface area contributed by atoms with Gasteiger partial charge in [0, 0.05) is 0 Å². The minimum atomic E-state index is -5.75. The average Bonchev–Trinajstić information content (AvgIpc) is 3.13. The lowest BCUT2D eigenvalue weighted by Gasteiger charge is -2.32. The molecule has 9 nitrogen and oxygen atoms in total. The SMILES string of the molecule is COC(=O)c1ccc(B2OC(C)(C)C(C)(C)O2)cc1C(C)C.COC(=O)c1ccc(OS(=O)(=O)C(F)(F)F)cc1C(C)C. The van der Waals surface area contributed by atoms with Gasteiger partial charge in [0.05, 0.1) is 36.5 Å². The third-order valence-corrected chi connectivity index (χ3v) is 8.15. The summed E-state index contributed by atoms with van der Waals surface area (Å²) < 4.78 is 84.2. The van der Waals surface area contributed by atoms with Crippen molar-refractivity contribution in [1.82, 2.24) is 0 Å². The van der Waals surface area contributed by atoms with E-state index in [1.165, 1.54) is 7.11 Å². The Hall–Kier alpha value is -3.10. The zero-order valence-electron chi connectivity index (χ0n) is 25.9. The van der Waals surface area contributed by atoms with E-state index in [1.807, 2.05) is 39.8 Å². The Morgan fingerprint density at radius 3 is 1.60 bits per heavy atom. The molecule has 1 aliphatic heterocycles. The van der Waals surface area contributed by atoms with Gasteiger partial charge in [0.2, 0.25) is 0 Å². The van der Waals surface area contributed by atoms with Crippen molar-refractivity contribution < 1.29 is 54.1 Å². The van der Waals surface area contributed by atoms with Gasteiger partial charge in [-0.25, -0.2) is 9.59 Å². The van der Waals surface area contributed by atoms with Gasteiger partial charge in [-0.1, -0.05) is 39.8 Å². The van der Waals surface area contributed by atoms with Crippen LogP contribution in [0.3, 0.4) is 0 Å². The zero-order valence-corrected chi connectivity index (χ0v) is 26.7. The Morgan fingerprint density at radius 1 is 0.791 bits per heavy atom. The lowest BCUT2D eigenvalue weighted by atomic mass is 9.76. The average molecular weight is 630 g/mol. The van der Waals surface area contributed by atoms with Crippen molar-refractivity contribution in [3.05, 3.63) is 58.7 Å². The van der Waals surface area contributed by atoms with Crippen molar-refractivity contribution in [3.63, 3.8) is 0 Å². The minimum Gasteiger partial charge on any atom is -0.465 e. The molecule has 1 aliphatic rings. The third kappa shape index (κ3) is 8.30. The predicted molar refractivity (Wildman–Crippen MR) is 155 cm³/mol. The van der Waals surface area contributed by atoms with E-state index in [0.717, 1.165) is 36.3 Å². The fourth-order valence-electron chi connectivity index (χ4n) is 4.02. The van der Waals surface area contributed by atoms with Gasteiger partial charge in [0.25, 0.3) is 0 Å². The van der Waals surface area contributed by atoms with E-state index in [-0.39, 0.29) is 34.6 Å². The highest BCUT2D eigenvalue weighted by molar-refractivity contribution is 7.88. The van der Waals surface area contributed by atoms with Gasteiger partial charge in [0.15, 0.2) is 0 Å². The molecule has 0 aromatic heterocycles. The smallest absolute Gasteiger partial charge is 0.465 e. The molecule has 43 heavy (non-hydrogen) atoms. The zero-order chi connectivity index (χ0) is 33.1. The Morgan fingerprint density at radius 2 is 1.21 bits per heavy atom. The fraction of sp³-hybridized carbons (Fsp3) is 0.517. The molecule has 0 amide bonds. The first-order valence-electron chi connectivity index (χ1n) is 13.4. The van der Waals surface area contributed by atoms with Gasteiger partial charge in [-0.3, -0.25) is 0 Å². The van der Waals surface area contributed by atoms with Crippen LogP contribution < -0.4 is 9.65 Å². The molecule has 238 valence electrons. The molecule has 1 heterocycles. The van der Waals surface area contributed by atoms with Gasteiger partial charge in [-0.15, -0.1) is 0 Å². The molecule has 0 N–H and O–H groups in total. The van der Waals surface area contributed by atoms with E-state index >= 15 is 0 Å². The largest absolute Gasteiger partial charge is 0.534 e. The summed E-state index contributed by atoms with van der Waals surface area (Å²) in [7, 11) is -3.62. The van der Waals surface area contributed by atoms with E-state index in [4.69, 9.17) is 14.0 Å². The minimum absolute atomic E-state index is 0.129. The molecule has 0 radical (unpaired) electrons. The van der Waals surface area contributed by atoms with Crippen molar-refractivity contribution in [1.29, 1.82) is 0 Å². The van der Waals surface area contributed by atoms with Gasteiger partial charge >= 0.3 is 34.7 Å². The van der Waals surface area contributed by atoms with Crippen LogP contribution >= 0.6 is 0 Å². The maximum Gasteiger partial charge on any atom is 0.534 e. The van der Waals surface area contributed by atoms with Crippen molar-refractivity contribution in [2.45, 2.75) is 83.9 Å². The second-order valence-electron chi connectivity index (χ2n) is 11.5. The van der Waals surface area contributed by atoms with E-state index in [2.05, 4.69) is 22.8 Å². The molecule has 2 aromatic rings. The van der Waals surface area contributed by atoms with Crippen LogP contribution in [0.5, 0.6) is 5.75 Å².